The number of aliphatic hydroxyl groups excluding tert-OH is 1. The van der Waals surface area contributed by atoms with Crippen LogP contribution in [0.25, 0.3) is 0 Å². The van der Waals surface area contributed by atoms with Crippen molar-refractivity contribution in [1.29, 1.82) is 0 Å². The molecule has 0 aliphatic rings. The van der Waals surface area contributed by atoms with Crippen LogP contribution in [0.2, 0.25) is 0 Å². The Morgan fingerprint density at radius 1 is 1.16 bits per heavy atom. The molecule has 1 aromatic carbocycles. The van der Waals surface area contributed by atoms with Crippen molar-refractivity contribution in [3.8, 4) is 0 Å². The summed E-state index contributed by atoms with van der Waals surface area (Å²) < 4.78 is 25.8. The van der Waals surface area contributed by atoms with E-state index in [0.717, 1.165) is 12.1 Å². The molecule has 0 radical (unpaired) electrons. The average Bonchev–Trinajstić information content (AvgIpc) is 2.39. The van der Waals surface area contributed by atoms with Gasteiger partial charge >= 0.3 is 0 Å². The molecule has 1 N–H and O–H groups in total. The molecule has 1 atom stereocenters. The van der Waals surface area contributed by atoms with E-state index in [1.165, 1.54) is 6.07 Å². The number of benzene rings is 1. The van der Waals surface area contributed by atoms with Crippen LogP contribution in [0.4, 0.5) is 8.78 Å². The molecule has 0 saturated carbocycles. The second-order valence-electron chi connectivity index (χ2n) is 4.31. The summed E-state index contributed by atoms with van der Waals surface area (Å²) in [5, 5.41) is 9.95. The number of rotatable bonds is 8. The van der Waals surface area contributed by atoms with Gasteiger partial charge in [0.2, 0.25) is 0 Å². The molecule has 1 unspecified atom stereocenters. The highest BCUT2D eigenvalue weighted by Crippen LogP contribution is 2.19. The van der Waals surface area contributed by atoms with Crippen LogP contribution in [0.15, 0.2) is 43.5 Å². The first-order chi connectivity index (χ1) is 9.08. The molecule has 0 amide bonds. The highest BCUT2D eigenvalue weighted by Gasteiger charge is 2.12. The summed E-state index contributed by atoms with van der Waals surface area (Å²) in [4.78, 5) is 2.04. The van der Waals surface area contributed by atoms with E-state index in [9.17, 15) is 13.9 Å². The first kappa shape index (κ1) is 15.5. The molecule has 1 aromatic rings. The quantitative estimate of drug-likeness (QED) is 0.732. The van der Waals surface area contributed by atoms with Crippen molar-refractivity contribution in [3.05, 3.63) is 60.7 Å². The third-order valence-corrected chi connectivity index (χ3v) is 2.82. The lowest BCUT2D eigenvalue weighted by molar-refractivity contribution is 0.148. The van der Waals surface area contributed by atoms with Gasteiger partial charge in [0.1, 0.15) is 0 Å². The largest absolute Gasteiger partial charge is 0.388 e. The van der Waals surface area contributed by atoms with Crippen molar-refractivity contribution in [2.45, 2.75) is 12.5 Å². The number of aliphatic hydroxyl groups is 1. The monoisotopic (exact) mass is 267 g/mol. The molecule has 0 saturated heterocycles. The van der Waals surface area contributed by atoms with E-state index in [0.29, 0.717) is 31.6 Å². The Morgan fingerprint density at radius 2 is 1.79 bits per heavy atom. The Kier molecular flexibility index (Phi) is 6.39. The molecular weight excluding hydrogens is 248 g/mol. The van der Waals surface area contributed by atoms with E-state index >= 15 is 0 Å². The maximum atomic E-state index is 13.1. The van der Waals surface area contributed by atoms with Crippen LogP contribution in [0.5, 0.6) is 0 Å². The smallest absolute Gasteiger partial charge is 0.159 e. The Morgan fingerprint density at radius 3 is 2.32 bits per heavy atom. The number of hydrogen-bond donors (Lipinski definition) is 1. The second kappa shape index (κ2) is 7.81. The summed E-state index contributed by atoms with van der Waals surface area (Å²) in [6.07, 6.45) is 3.17. The van der Waals surface area contributed by atoms with Crippen LogP contribution in [-0.2, 0) is 0 Å². The summed E-state index contributed by atoms with van der Waals surface area (Å²) in [6, 6.07) is 3.46. The van der Waals surface area contributed by atoms with E-state index in [2.05, 4.69) is 13.2 Å². The van der Waals surface area contributed by atoms with Gasteiger partial charge in [-0.25, -0.2) is 8.78 Å². The zero-order valence-electron chi connectivity index (χ0n) is 10.9. The number of halogens is 2. The molecule has 1 rings (SSSR count). The molecule has 2 nitrogen and oxygen atoms in total. The first-order valence-electron chi connectivity index (χ1n) is 6.15. The molecule has 0 aromatic heterocycles. The predicted octanol–water partition coefficient (Wildman–Crippen LogP) is 3.06. The van der Waals surface area contributed by atoms with Crippen molar-refractivity contribution in [1.82, 2.24) is 4.90 Å². The minimum atomic E-state index is -0.939. The summed E-state index contributed by atoms with van der Waals surface area (Å²) in [5.74, 6) is -1.85. The lowest BCUT2D eigenvalue weighted by atomic mass is 10.1. The van der Waals surface area contributed by atoms with Crippen LogP contribution in [0.3, 0.4) is 0 Å². The zero-order valence-corrected chi connectivity index (χ0v) is 10.9. The van der Waals surface area contributed by atoms with Crippen LogP contribution >= 0.6 is 0 Å². The van der Waals surface area contributed by atoms with Gasteiger partial charge < -0.3 is 5.11 Å². The number of nitrogens with zero attached hydrogens (tertiary/aromatic N) is 1. The van der Waals surface area contributed by atoms with Gasteiger partial charge in [-0.3, -0.25) is 4.90 Å². The van der Waals surface area contributed by atoms with Crippen LogP contribution < -0.4 is 0 Å². The average molecular weight is 267 g/mol. The normalized spacial score (nSPS) is 12.4. The second-order valence-corrected chi connectivity index (χ2v) is 4.31. The van der Waals surface area contributed by atoms with Crippen molar-refractivity contribution < 1.29 is 13.9 Å². The zero-order chi connectivity index (χ0) is 14.3. The molecule has 19 heavy (non-hydrogen) atoms. The topological polar surface area (TPSA) is 23.5 Å². The fraction of sp³-hybridized carbons (Fsp3) is 0.333. The summed E-state index contributed by atoms with van der Waals surface area (Å²) in [6.45, 7) is 9.32. The van der Waals surface area contributed by atoms with Crippen LogP contribution in [0, 0.1) is 11.6 Å². The molecule has 0 bridgehead atoms. The maximum absolute atomic E-state index is 13.1. The summed E-state index contributed by atoms with van der Waals surface area (Å²) >= 11 is 0. The van der Waals surface area contributed by atoms with E-state index in [-0.39, 0.29) is 0 Å². The fourth-order valence-corrected chi connectivity index (χ4v) is 1.81. The van der Waals surface area contributed by atoms with E-state index in [1.54, 1.807) is 12.2 Å². The van der Waals surface area contributed by atoms with Gasteiger partial charge in [-0.15, -0.1) is 13.2 Å². The van der Waals surface area contributed by atoms with Gasteiger partial charge in [-0.2, -0.15) is 0 Å². The van der Waals surface area contributed by atoms with Crippen molar-refractivity contribution in [2.75, 3.05) is 19.6 Å². The Hall–Kier alpha value is -1.52. The Balaban J connectivity index is 2.57. The van der Waals surface area contributed by atoms with E-state index < -0.39 is 17.7 Å². The third-order valence-electron chi connectivity index (χ3n) is 2.82. The standard InChI is InChI=1S/C15H19F2NO/c1-3-8-18(9-4-2)10-7-15(19)12-5-6-13(16)14(17)11-12/h3-6,11,15,19H,1-2,7-10H2. The van der Waals surface area contributed by atoms with Gasteiger partial charge in [0.15, 0.2) is 11.6 Å². The van der Waals surface area contributed by atoms with Gasteiger partial charge in [0.05, 0.1) is 6.10 Å². The van der Waals surface area contributed by atoms with Gasteiger partial charge in [0, 0.05) is 19.6 Å². The van der Waals surface area contributed by atoms with Crippen molar-refractivity contribution >= 4 is 0 Å². The van der Waals surface area contributed by atoms with E-state index in [4.69, 9.17) is 0 Å². The molecule has 4 heteroatoms. The minimum Gasteiger partial charge on any atom is -0.388 e. The molecule has 104 valence electrons. The molecule has 0 aliphatic heterocycles. The van der Waals surface area contributed by atoms with Crippen molar-refractivity contribution in [3.63, 3.8) is 0 Å². The maximum Gasteiger partial charge on any atom is 0.159 e. The van der Waals surface area contributed by atoms with Crippen molar-refractivity contribution in [2.24, 2.45) is 0 Å². The number of hydrogen-bond acceptors (Lipinski definition) is 2. The Bertz CT molecular complexity index is 424. The fourth-order valence-electron chi connectivity index (χ4n) is 1.81. The molecule has 0 aliphatic carbocycles. The lowest BCUT2D eigenvalue weighted by Gasteiger charge is -2.20. The predicted molar refractivity (Wildman–Crippen MR) is 72.8 cm³/mol. The van der Waals surface area contributed by atoms with Crippen LogP contribution in [-0.4, -0.2) is 29.6 Å². The Labute approximate surface area is 112 Å². The highest BCUT2D eigenvalue weighted by molar-refractivity contribution is 5.20. The lowest BCUT2D eigenvalue weighted by Crippen LogP contribution is -2.26. The molecule has 0 fully saturated rings. The van der Waals surface area contributed by atoms with E-state index in [1.807, 2.05) is 4.90 Å². The van der Waals surface area contributed by atoms with Crippen LogP contribution in [0.1, 0.15) is 18.1 Å². The van der Waals surface area contributed by atoms with Gasteiger partial charge in [-0.1, -0.05) is 18.2 Å². The molecule has 0 spiro atoms. The molecule has 0 heterocycles. The third kappa shape index (κ3) is 4.93. The van der Waals surface area contributed by atoms with Gasteiger partial charge in [-0.05, 0) is 24.1 Å². The summed E-state index contributed by atoms with van der Waals surface area (Å²) in [7, 11) is 0. The first-order valence-corrected chi connectivity index (χ1v) is 6.15. The SMILES string of the molecule is C=CCN(CC=C)CCC(O)c1ccc(F)c(F)c1. The minimum absolute atomic E-state index is 0.385. The van der Waals surface area contributed by atoms with Gasteiger partial charge in [0.25, 0.3) is 0 Å². The highest BCUT2D eigenvalue weighted by atomic mass is 19.2. The molecular formula is C15H19F2NO. The summed E-state index contributed by atoms with van der Waals surface area (Å²) in [5.41, 5.74) is 0.385.